The Balaban J connectivity index is 2.10. The molecule has 3 rings (SSSR count). The molecule has 0 atom stereocenters. The van der Waals surface area contributed by atoms with Gasteiger partial charge in [-0.3, -0.25) is 14.8 Å². The smallest absolute Gasteiger partial charge is 0.294 e. The van der Waals surface area contributed by atoms with E-state index in [1.807, 2.05) is 12.1 Å². The van der Waals surface area contributed by atoms with Crippen LogP contribution >= 0.6 is 0 Å². The molecule has 0 bridgehead atoms. The van der Waals surface area contributed by atoms with Crippen LogP contribution in [0.2, 0.25) is 0 Å². The molecule has 0 spiro atoms. The maximum absolute atomic E-state index is 11.1. The zero-order chi connectivity index (χ0) is 12.5. The highest BCUT2D eigenvalue weighted by molar-refractivity contribution is 5.89. The maximum Gasteiger partial charge on any atom is 0.294 e. The molecule has 3 aromatic rings. The quantitative estimate of drug-likeness (QED) is 0.636. The summed E-state index contributed by atoms with van der Waals surface area (Å²) in [6.07, 6.45) is 3.24. The van der Waals surface area contributed by atoms with E-state index in [9.17, 15) is 4.79 Å². The van der Waals surface area contributed by atoms with Crippen LogP contribution in [0.25, 0.3) is 22.4 Å². The van der Waals surface area contributed by atoms with Crippen molar-refractivity contribution in [1.82, 2.24) is 20.1 Å². The normalized spacial score (nSPS) is 10.7. The second-order valence-corrected chi connectivity index (χ2v) is 3.74. The van der Waals surface area contributed by atoms with Crippen molar-refractivity contribution in [3.05, 3.63) is 36.5 Å². The molecule has 6 heteroatoms. The summed E-state index contributed by atoms with van der Waals surface area (Å²) in [5, 5.41) is 3.76. The van der Waals surface area contributed by atoms with Gasteiger partial charge >= 0.3 is 0 Å². The van der Waals surface area contributed by atoms with E-state index in [-0.39, 0.29) is 11.7 Å². The van der Waals surface area contributed by atoms with Gasteiger partial charge in [0.25, 0.3) is 5.89 Å². The lowest BCUT2D eigenvalue weighted by atomic mass is 10.2. The average molecular weight is 240 g/mol. The predicted octanol–water partition coefficient (Wildman–Crippen LogP) is 1.88. The van der Waals surface area contributed by atoms with Crippen LogP contribution in [0.3, 0.4) is 0 Å². The van der Waals surface area contributed by atoms with Crippen LogP contribution in [0.5, 0.6) is 0 Å². The topological polar surface area (TPSA) is 81.8 Å². The molecule has 0 saturated heterocycles. The van der Waals surface area contributed by atoms with E-state index in [4.69, 9.17) is 4.52 Å². The number of carbonyl (C=O) groups is 1. The van der Waals surface area contributed by atoms with Crippen molar-refractivity contribution >= 4 is 16.8 Å². The molecule has 18 heavy (non-hydrogen) atoms. The highest BCUT2D eigenvalue weighted by atomic mass is 16.5. The van der Waals surface area contributed by atoms with Crippen molar-refractivity contribution in [2.24, 2.45) is 0 Å². The van der Waals surface area contributed by atoms with Crippen LogP contribution in [0, 0.1) is 0 Å². The molecule has 0 aliphatic carbocycles. The Morgan fingerprint density at radius 2 is 1.94 bits per heavy atom. The van der Waals surface area contributed by atoms with Gasteiger partial charge in [0.05, 0.1) is 11.0 Å². The minimum Gasteiger partial charge on any atom is -0.330 e. The lowest BCUT2D eigenvalue weighted by molar-refractivity contribution is 0.0972. The lowest BCUT2D eigenvalue weighted by Crippen LogP contribution is -1.91. The summed E-state index contributed by atoms with van der Waals surface area (Å²) in [5.74, 6) is 0.117. The molecular formula is C12H8N4O2. The predicted molar refractivity (Wildman–Crippen MR) is 62.8 cm³/mol. The largest absolute Gasteiger partial charge is 0.330 e. The van der Waals surface area contributed by atoms with Crippen LogP contribution in [0.4, 0.5) is 0 Å². The van der Waals surface area contributed by atoms with Crippen molar-refractivity contribution in [3.63, 3.8) is 0 Å². The number of hydrogen-bond acceptors (Lipinski definition) is 6. The molecule has 0 amide bonds. The molecule has 0 aliphatic rings. The third-order valence-electron chi connectivity index (χ3n) is 2.45. The summed E-state index contributed by atoms with van der Waals surface area (Å²) in [4.78, 5) is 23.5. The van der Waals surface area contributed by atoms with E-state index in [0.29, 0.717) is 5.82 Å². The molecular weight excluding hydrogens is 232 g/mol. The molecule has 0 radical (unpaired) electrons. The Morgan fingerprint density at radius 3 is 2.67 bits per heavy atom. The number of hydrogen-bond donors (Lipinski definition) is 0. The maximum atomic E-state index is 11.1. The highest BCUT2D eigenvalue weighted by Gasteiger charge is 2.12. The van der Waals surface area contributed by atoms with E-state index in [1.165, 1.54) is 6.92 Å². The van der Waals surface area contributed by atoms with Crippen molar-refractivity contribution in [3.8, 4) is 11.4 Å². The van der Waals surface area contributed by atoms with Gasteiger partial charge in [-0.1, -0.05) is 5.16 Å². The summed E-state index contributed by atoms with van der Waals surface area (Å²) in [5.41, 5.74) is 2.26. The van der Waals surface area contributed by atoms with Gasteiger partial charge in [-0.2, -0.15) is 4.98 Å². The number of rotatable bonds is 2. The Labute approximate surface area is 102 Å². The molecule has 1 aromatic carbocycles. The molecule has 0 fully saturated rings. The SMILES string of the molecule is CC(=O)c1nc(-c2ccc3nccnc3c2)no1. The fourth-order valence-electron chi connectivity index (χ4n) is 1.59. The number of aromatic nitrogens is 4. The number of ketones is 1. The van der Waals surface area contributed by atoms with Gasteiger partial charge in [-0.25, -0.2) is 0 Å². The van der Waals surface area contributed by atoms with Crippen LogP contribution in [-0.4, -0.2) is 25.9 Å². The molecule has 88 valence electrons. The number of benzene rings is 1. The minimum atomic E-state index is -0.255. The third kappa shape index (κ3) is 1.73. The van der Waals surface area contributed by atoms with Crippen molar-refractivity contribution in [1.29, 1.82) is 0 Å². The monoisotopic (exact) mass is 240 g/mol. The van der Waals surface area contributed by atoms with Crippen molar-refractivity contribution in [2.45, 2.75) is 6.92 Å². The highest BCUT2D eigenvalue weighted by Crippen LogP contribution is 2.19. The number of Topliss-reactive ketones (excluding diaryl/α,β-unsaturated/α-hetero) is 1. The average Bonchev–Trinajstić information content (AvgIpc) is 2.88. The third-order valence-corrected chi connectivity index (χ3v) is 2.45. The van der Waals surface area contributed by atoms with Gasteiger partial charge in [-0.05, 0) is 18.2 Å². The van der Waals surface area contributed by atoms with Crippen LogP contribution in [-0.2, 0) is 0 Å². The standard InChI is InChI=1S/C12H8N4O2/c1-7(17)12-15-11(16-18-12)8-2-3-9-10(6-8)14-5-4-13-9/h2-6H,1H3. The summed E-state index contributed by atoms with van der Waals surface area (Å²) >= 11 is 0. The van der Waals surface area contributed by atoms with Crippen LogP contribution in [0.1, 0.15) is 17.6 Å². The first-order valence-corrected chi connectivity index (χ1v) is 5.30. The molecule has 0 aliphatic heterocycles. The second kappa shape index (κ2) is 3.99. The van der Waals surface area contributed by atoms with E-state index < -0.39 is 0 Å². The Morgan fingerprint density at radius 1 is 1.17 bits per heavy atom. The molecule has 0 saturated carbocycles. The van der Waals surface area contributed by atoms with Gasteiger partial charge in [0, 0.05) is 24.9 Å². The van der Waals surface area contributed by atoms with Crippen LogP contribution < -0.4 is 0 Å². The Kier molecular flexibility index (Phi) is 2.33. The molecule has 6 nitrogen and oxygen atoms in total. The molecule has 2 aromatic heterocycles. The molecule has 2 heterocycles. The van der Waals surface area contributed by atoms with Crippen LogP contribution in [0.15, 0.2) is 35.1 Å². The van der Waals surface area contributed by atoms with E-state index in [2.05, 4.69) is 20.1 Å². The summed E-state index contributed by atoms with van der Waals surface area (Å²) in [7, 11) is 0. The molecule has 0 unspecified atom stereocenters. The summed E-state index contributed by atoms with van der Waals surface area (Å²) < 4.78 is 4.85. The Bertz CT molecular complexity index is 736. The number of nitrogens with zero attached hydrogens (tertiary/aromatic N) is 4. The van der Waals surface area contributed by atoms with Gasteiger partial charge in [0.1, 0.15) is 0 Å². The number of carbonyl (C=O) groups excluding carboxylic acids is 1. The number of fused-ring (bicyclic) bond motifs is 1. The first-order valence-electron chi connectivity index (χ1n) is 5.30. The zero-order valence-corrected chi connectivity index (χ0v) is 9.49. The lowest BCUT2D eigenvalue weighted by Gasteiger charge is -1.97. The van der Waals surface area contributed by atoms with Gasteiger partial charge in [0.15, 0.2) is 0 Å². The zero-order valence-electron chi connectivity index (χ0n) is 9.49. The first kappa shape index (κ1) is 10.5. The minimum absolute atomic E-state index is 0.00393. The van der Waals surface area contributed by atoms with Crippen molar-refractivity contribution < 1.29 is 9.32 Å². The van der Waals surface area contributed by atoms with Gasteiger partial charge < -0.3 is 4.52 Å². The molecule has 0 N–H and O–H groups in total. The fourth-order valence-corrected chi connectivity index (χ4v) is 1.59. The van der Waals surface area contributed by atoms with E-state index >= 15 is 0 Å². The summed E-state index contributed by atoms with van der Waals surface area (Å²) in [6, 6.07) is 5.43. The Hall–Kier alpha value is -2.63. The fraction of sp³-hybridized carbons (Fsp3) is 0.0833. The van der Waals surface area contributed by atoms with E-state index in [1.54, 1.807) is 18.5 Å². The van der Waals surface area contributed by atoms with E-state index in [0.717, 1.165) is 16.6 Å². The van der Waals surface area contributed by atoms with Gasteiger partial charge in [-0.15, -0.1) is 0 Å². The van der Waals surface area contributed by atoms with Crippen molar-refractivity contribution in [2.75, 3.05) is 0 Å². The first-order chi connectivity index (χ1) is 8.74. The van der Waals surface area contributed by atoms with Gasteiger partial charge in [0.2, 0.25) is 11.6 Å². The second-order valence-electron chi connectivity index (χ2n) is 3.74. The summed E-state index contributed by atoms with van der Waals surface area (Å²) in [6.45, 7) is 1.38.